The van der Waals surface area contributed by atoms with Gasteiger partial charge in [-0.05, 0) is 50.3 Å². The van der Waals surface area contributed by atoms with Crippen LogP contribution in [0.5, 0.6) is 0 Å². The highest BCUT2D eigenvalue weighted by atomic mass is 35.5. The number of halogens is 1. The second kappa shape index (κ2) is 8.21. The Morgan fingerprint density at radius 1 is 1.33 bits per heavy atom. The molecule has 1 aliphatic heterocycles. The van der Waals surface area contributed by atoms with E-state index in [0.29, 0.717) is 5.92 Å². The first-order valence-electron chi connectivity index (χ1n) is 9.14. The average Bonchev–Trinajstić information content (AvgIpc) is 3.32. The van der Waals surface area contributed by atoms with Crippen LogP contribution in [0.25, 0.3) is 0 Å². The summed E-state index contributed by atoms with van der Waals surface area (Å²) in [6, 6.07) is 8.91. The van der Waals surface area contributed by atoms with Crippen LogP contribution in [0.15, 0.2) is 29.3 Å². The van der Waals surface area contributed by atoms with Crippen molar-refractivity contribution in [1.29, 1.82) is 0 Å². The number of benzene rings is 1. The Hall–Kier alpha value is -1.26. The van der Waals surface area contributed by atoms with Gasteiger partial charge in [0.05, 0.1) is 0 Å². The van der Waals surface area contributed by atoms with E-state index in [-0.39, 0.29) is 0 Å². The summed E-state index contributed by atoms with van der Waals surface area (Å²) < 4.78 is 0. The Balaban J connectivity index is 1.57. The van der Waals surface area contributed by atoms with Crippen LogP contribution < -0.4 is 5.32 Å². The lowest BCUT2D eigenvalue weighted by Crippen LogP contribution is -2.39. The highest BCUT2D eigenvalue weighted by molar-refractivity contribution is 6.31. The maximum absolute atomic E-state index is 6.29. The van der Waals surface area contributed by atoms with Crippen LogP contribution in [0.4, 0.5) is 0 Å². The third-order valence-corrected chi connectivity index (χ3v) is 5.31. The number of nitrogens with one attached hydrogen (secondary N) is 1. The molecule has 3 rings (SSSR count). The van der Waals surface area contributed by atoms with Gasteiger partial charge in [0.1, 0.15) is 0 Å². The molecule has 0 spiro atoms. The Morgan fingerprint density at radius 2 is 2.12 bits per heavy atom. The van der Waals surface area contributed by atoms with Crippen molar-refractivity contribution in [2.45, 2.75) is 38.8 Å². The molecule has 1 aliphatic carbocycles. The van der Waals surface area contributed by atoms with E-state index >= 15 is 0 Å². The molecule has 24 heavy (non-hydrogen) atoms. The molecular formula is C19H29ClN4. The van der Waals surface area contributed by atoms with Gasteiger partial charge in [0.25, 0.3) is 0 Å². The van der Waals surface area contributed by atoms with Crippen molar-refractivity contribution in [2.24, 2.45) is 10.9 Å². The van der Waals surface area contributed by atoms with E-state index in [1.807, 2.05) is 18.2 Å². The highest BCUT2D eigenvalue weighted by Gasteiger charge is 2.34. The minimum atomic E-state index is 0.702. The van der Waals surface area contributed by atoms with Crippen LogP contribution in [0.1, 0.15) is 31.7 Å². The Labute approximate surface area is 150 Å². The molecule has 1 saturated heterocycles. The van der Waals surface area contributed by atoms with Gasteiger partial charge in [-0.2, -0.15) is 0 Å². The summed E-state index contributed by atoms with van der Waals surface area (Å²) in [6.45, 7) is 7.16. The van der Waals surface area contributed by atoms with Crippen LogP contribution in [0, 0.1) is 5.92 Å². The van der Waals surface area contributed by atoms with Crippen molar-refractivity contribution in [3.8, 4) is 0 Å². The first-order valence-corrected chi connectivity index (χ1v) is 9.52. The molecule has 1 unspecified atom stereocenters. The smallest absolute Gasteiger partial charge is 0.193 e. The van der Waals surface area contributed by atoms with E-state index in [9.17, 15) is 0 Å². The lowest BCUT2D eigenvalue weighted by molar-refractivity contribution is 0.315. The third-order valence-electron chi connectivity index (χ3n) is 4.94. The van der Waals surface area contributed by atoms with Gasteiger partial charge in [0.2, 0.25) is 0 Å². The second-order valence-corrected chi connectivity index (χ2v) is 7.43. The molecule has 1 atom stereocenters. The van der Waals surface area contributed by atoms with Crippen LogP contribution >= 0.6 is 11.6 Å². The Kier molecular flexibility index (Phi) is 6.01. The predicted molar refractivity (Wildman–Crippen MR) is 102 cm³/mol. The molecule has 0 radical (unpaired) electrons. The van der Waals surface area contributed by atoms with Crippen molar-refractivity contribution in [1.82, 2.24) is 15.1 Å². The molecule has 2 aliphatic rings. The number of nitrogens with zero attached hydrogens (tertiary/aromatic N) is 3. The van der Waals surface area contributed by atoms with Gasteiger partial charge in [-0.1, -0.05) is 29.8 Å². The van der Waals surface area contributed by atoms with Crippen molar-refractivity contribution in [3.63, 3.8) is 0 Å². The van der Waals surface area contributed by atoms with Crippen LogP contribution in [0.3, 0.4) is 0 Å². The van der Waals surface area contributed by atoms with Crippen molar-refractivity contribution >= 4 is 17.6 Å². The van der Waals surface area contributed by atoms with Crippen molar-refractivity contribution in [2.75, 3.05) is 33.2 Å². The number of rotatable bonds is 6. The fourth-order valence-electron chi connectivity index (χ4n) is 3.43. The van der Waals surface area contributed by atoms with Gasteiger partial charge < -0.3 is 15.1 Å². The zero-order valence-electron chi connectivity index (χ0n) is 14.8. The van der Waals surface area contributed by atoms with E-state index in [2.05, 4.69) is 35.2 Å². The minimum Gasteiger partial charge on any atom is -0.357 e. The van der Waals surface area contributed by atoms with Gasteiger partial charge in [-0.15, -0.1) is 0 Å². The molecule has 1 N–H and O–H groups in total. The second-order valence-electron chi connectivity index (χ2n) is 7.02. The van der Waals surface area contributed by atoms with Crippen LogP contribution in [0.2, 0.25) is 5.02 Å². The van der Waals surface area contributed by atoms with Crippen molar-refractivity contribution < 1.29 is 0 Å². The number of hydrogen-bond acceptors (Lipinski definition) is 2. The van der Waals surface area contributed by atoms with Gasteiger partial charge >= 0.3 is 0 Å². The summed E-state index contributed by atoms with van der Waals surface area (Å²) in [5.41, 5.74) is 1.13. The molecule has 5 heteroatoms. The monoisotopic (exact) mass is 348 g/mol. The molecule has 1 aromatic rings. The zero-order chi connectivity index (χ0) is 16.9. The van der Waals surface area contributed by atoms with E-state index in [4.69, 9.17) is 16.6 Å². The van der Waals surface area contributed by atoms with E-state index < -0.39 is 0 Å². The summed E-state index contributed by atoms with van der Waals surface area (Å²) in [5, 5.41) is 4.23. The van der Waals surface area contributed by atoms with Gasteiger partial charge in [0.15, 0.2) is 5.96 Å². The normalized spacial score (nSPS) is 22.0. The number of aliphatic imine (C=N–C) groups is 1. The molecule has 0 bridgehead atoms. The average molecular weight is 349 g/mol. The third kappa shape index (κ3) is 4.64. The Bertz CT molecular complexity index is 570. The fourth-order valence-corrected chi connectivity index (χ4v) is 3.62. The summed E-state index contributed by atoms with van der Waals surface area (Å²) in [6.07, 6.45) is 4.09. The maximum Gasteiger partial charge on any atom is 0.193 e. The number of hydrogen-bond donors (Lipinski definition) is 1. The standard InChI is InChI=1S/C19H29ClN4/c1-3-21-19(23(2)14-16-6-4-5-7-18(16)20)22-12-15-10-11-24(13-15)17-8-9-17/h4-7,15,17H,3,8-14H2,1-2H3,(H,21,22). The molecule has 1 saturated carbocycles. The SMILES string of the molecule is CCNC(=NCC1CCN(C2CC2)C1)N(C)Cc1ccccc1Cl. The number of likely N-dealkylation sites (tertiary alicyclic amines) is 1. The van der Waals surface area contributed by atoms with Crippen LogP contribution in [-0.2, 0) is 6.54 Å². The molecule has 0 amide bonds. The van der Waals surface area contributed by atoms with Crippen LogP contribution in [-0.4, -0.2) is 55.0 Å². The van der Waals surface area contributed by atoms with E-state index in [1.165, 1.54) is 32.4 Å². The molecule has 4 nitrogen and oxygen atoms in total. The molecule has 2 fully saturated rings. The molecular weight excluding hydrogens is 320 g/mol. The maximum atomic E-state index is 6.29. The fraction of sp³-hybridized carbons (Fsp3) is 0.632. The first kappa shape index (κ1) is 17.6. The topological polar surface area (TPSA) is 30.9 Å². The molecule has 1 heterocycles. The summed E-state index contributed by atoms with van der Waals surface area (Å²) in [4.78, 5) is 9.72. The summed E-state index contributed by atoms with van der Waals surface area (Å²) in [5.74, 6) is 1.68. The Morgan fingerprint density at radius 3 is 2.83 bits per heavy atom. The largest absolute Gasteiger partial charge is 0.357 e. The first-order chi connectivity index (χ1) is 11.7. The predicted octanol–water partition coefficient (Wildman–Crippen LogP) is 3.22. The molecule has 132 valence electrons. The lowest BCUT2D eigenvalue weighted by Gasteiger charge is -2.23. The van der Waals surface area contributed by atoms with Gasteiger partial charge in [-0.3, -0.25) is 4.99 Å². The minimum absolute atomic E-state index is 0.702. The summed E-state index contributed by atoms with van der Waals surface area (Å²) >= 11 is 6.29. The van der Waals surface area contributed by atoms with Crippen molar-refractivity contribution in [3.05, 3.63) is 34.9 Å². The molecule has 0 aromatic heterocycles. The molecule has 1 aromatic carbocycles. The zero-order valence-corrected chi connectivity index (χ0v) is 15.6. The highest BCUT2D eigenvalue weighted by Crippen LogP contribution is 2.31. The lowest BCUT2D eigenvalue weighted by atomic mass is 10.1. The number of guanidine groups is 1. The van der Waals surface area contributed by atoms with E-state index in [1.54, 1.807) is 0 Å². The quantitative estimate of drug-likeness (QED) is 0.632. The van der Waals surface area contributed by atoms with E-state index in [0.717, 1.165) is 42.2 Å². The van der Waals surface area contributed by atoms with Gasteiger partial charge in [-0.25, -0.2) is 0 Å². The summed E-state index contributed by atoms with van der Waals surface area (Å²) in [7, 11) is 2.08. The van der Waals surface area contributed by atoms with Gasteiger partial charge in [0, 0.05) is 44.3 Å².